The molecule has 0 aliphatic carbocycles. The van der Waals surface area contributed by atoms with Crippen molar-refractivity contribution in [1.29, 1.82) is 0 Å². The molecule has 0 saturated carbocycles. The molecule has 0 heterocycles. The molecule has 0 aromatic carbocycles. The van der Waals surface area contributed by atoms with Crippen LogP contribution in [0.1, 0.15) is 46.5 Å². The lowest BCUT2D eigenvalue weighted by Crippen LogP contribution is -2.24. The number of nitrogens with one attached hydrogen (secondary N) is 1. The summed E-state index contributed by atoms with van der Waals surface area (Å²) in [6, 6.07) is 0. The average molecular weight is 349 g/mol. The largest absolute Gasteiger partial charge is 0.381 e. The number of hydrogen-bond acceptors (Lipinski definition) is 5. The first-order valence-electron chi connectivity index (χ1n) is 8.34. The van der Waals surface area contributed by atoms with E-state index in [9.17, 15) is 9.36 Å². The van der Waals surface area contributed by atoms with E-state index in [2.05, 4.69) is 11.9 Å². The summed E-state index contributed by atoms with van der Waals surface area (Å²) in [5.41, 5.74) is 0.537. The smallest absolute Gasteiger partial charge is 0.332 e. The van der Waals surface area contributed by atoms with E-state index in [0.29, 0.717) is 44.7 Å². The van der Waals surface area contributed by atoms with Crippen molar-refractivity contribution in [1.82, 2.24) is 5.32 Å². The third-order valence-corrected chi connectivity index (χ3v) is 5.08. The molecule has 6 nitrogen and oxygen atoms in total. The Kier molecular flexibility index (Phi) is 13.3. The van der Waals surface area contributed by atoms with Gasteiger partial charge in [-0.15, -0.1) is 0 Å². The quantitative estimate of drug-likeness (QED) is 0.278. The van der Waals surface area contributed by atoms with E-state index in [4.69, 9.17) is 13.8 Å². The van der Waals surface area contributed by atoms with Crippen LogP contribution >= 0.6 is 7.60 Å². The number of rotatable bonds is 15. The Morgan fingerprint density at radius 1 is 1.04 bits per heavy atom. The maximum Gasteiger partial charge on any atom is 0.332 e. The fourth-order valence-corrected chi connectivity index (χ4v) is 3.35. The molecule has 23 heavy (non-hydrogen) atoms. The zero-order valence-electron chi connectivity index (χ0n) is 14.8. The van der Waals surface area contributed by atoms with Crippen LogP contribution < -0.4 is 5.32 Å². The van der Waals surface area contributed by atoms with Crippen LogP contribution in [-0.2, 0) is 23.1 Å². The molecule has 0 unspecified atom stereocenters. The number of ether oxygens (including phenoxy) is 1. The first-order valence-corrected chi connectivity index (χ1v) is 10.1. The minimum Gasteiger partial charge on any atom is -0.381 e. The Morgan fingerprint density at radius 3 is 2.22 bits per heavy atom. The predicted octanol–water partition coefficient (Wildman–Crippen LogP) is 3.52. The Hall–Kier alpha value is -0.680. The van der Waals surface area contributed by atoms with Crippen LogP contribution in [0.3, 0.4) is 0 Å². The highest BCUT2D eigenvalue weighted by Crippen LogP contribution is 2.47. The topological polar surface area (TPSA) is 73.9 Å². The minimum absolute atomic E-state index is 0.0821. The molecule has 1 N–H and O–H groups in total. The van der Waals surface area contributed by atoms with Gasteiger partial charge in [-0.2, -0.15) is 0 Å². The first-order chi connectivity index (χ1) is 10.9. The van der Waals surface area contributed by atoms with Gasteiger partial charge >= 0.3 is 7.60 Å². The fraction of sp³-hybridized carbons (Fsp3) is 0.812. The monoisotopic (exact) mass is 349 g/mol. The number of unbranched alkanes of at least 4 members (excludes halogenated alkanes) is 3. The molecule has 1 amide bonds. The zero-order valence-corrected chi connectivity index (χ0v) is 15.7. The second-order valence-electron chi connectivity index (χ2n) is 5.23. The van der Waals surface area contributed by atoms with Gasteiger partial charge in [0, 0.05) is 18.7 Å². The van der Waals surface area contributed by atoms with Crippen molar-refractivity contribution in [2.24, 2.45) is 0 Å². The third-order valence-electron chi connectivity index (χ3n) is 3.05. The van der Waals surface area contributed by atoms with E-state index in [1.165, 1.54) is 0 Å². The second-order valence-corrected chi connectivity index (χ2v) is 7.42. The van der Waals surface area contributed by atoms with Gasteiger partial charge in [0.15, 0.2) is 0 Å². The van der Waals surface area contributed by atoms with Gasteiger partial charge in [0.1, 0.15) is 0 Å². The van der Waals surface area contributed by atoms with Gasteiger partial charge in [-0.3, -0.25) is 9.36 Å². The highest BCUT2D eigenvalue weighted by atomic mass is 31.2. The molecule has 0 aliphatic rings. The van der Waals surface area contributed by atoms with Gasteiger partial charge in [0.25, 0.3) is 0 Å². The van der Waals surface area contributed by atoms with Gasteiger partial charge < -0.3 is 19.1 Å². The summed E-state index contributed by atoms with van der Waals surface area (Å²) in [6.07, 6.45) is 4.26. The van der Waals surface area contributed by atoms with Crippen molar-refractivity contribution < 1.29 is 23.1 Å². The predicted molar refractivity (Wildman–Crippen MR) is 92.8 cm³/mol. The van der Waals surface area contributed by atoms with Crippen LogP contribution in [-0.4, -0.2) is 45.0 Å². The molecular formula is C16H32NO5P. The Morgan fingerprint density at radius 2 is 1.65 bits per heavy atom. The van der Waals surface area contributed by atoms with Crippen LogP contribution in [0.15, 0.2) is 12.2 Å². The van der Waals surface area contributed by atoms with Crippen molar-refractivity contribution in [2.75, 3.05) is 39.1 Å². The molecule has 136 valence electrons. The van der Waals surface area contributed by atoms with Gasteiger partial charge in [0.05, 0.1) is 26.0 Å². The van der Waals surface area contributed by atoms with Crippen LogP contribution in [0.4, 0.5) is 0 Å². The standard InChI is InChI=1S/C16H32NO5P/c1-5-21-23(19,22-6-2)14-13-20-12-10-8-7-9-11-17-16(18)15(3)4/h3,5-14H2,1-2,4H3,(H,17,18). The van der Waals surface area contributed by atoms with Crippen LogP contribution in [0.25, 0.3) is 0 Å². The molecule has 0 saturated heterocycles. The number of carbonyl (C=O) groups is 1. The molecule has 0 radical (unpaired) electrons. The summed E-state index contributed by atoms with van der Waals surface area (Å²) >= 11 is 0. The highest BCUT2D eigenvalue weighted by molar-refractivity contribution is 7.53. The summed E-state index contributed by atoms with van der Waals surface area (Å²) in [5, 5.41) is 2.81. The van der Waals surface area contributed by atoms with Crippen molar-refractivity contribution in [3.63, 3.8) is 0 Å². The zero-order chi connectivity index (χ0) is 17.6. The van der Waals surface area contributed by atoms with Gasteiger partial charge in [-0.05, 0) is 33.6 Å². The summed E-state index contributed by atoms with van der Waals surface area (Å²) in [5.74, 6) is -0.0821. The van der Waals surface area contributed by atoms with E-state index in [1.54, 1.807) is 20.8 Å². The first kappa shape index (κ1) is 22.3. The molecule has 0 aromatic heterocycles. The summed E-state index contributed by atoms with van der Waals surface area (Å²) < 4.78 is 28.0. The summed E-state index contributed by atoms with van der Waals surface area (Å²) in [6.45, 7) is 11.3. The second kappa shape index (κ2) is 13.7. The van der Waals surface area contributed by atoms with E-state index < -0.39 is 7.60 Å². The van der Waals surface area contributed by atoms with E-state index in [0.717, 1.165) is 25.7 Å². The summed E-state index contributed by atoms with van der Waals surface area (Å²) in [4.78, 5) is 11.3. The maximum atomic E-state index is 12.2. The Bertz CT molecular complexity index is 377. The lowest BCUT2D eigenvalue weighted by Gasteiger charge is -2.16. The maximum absolute atomic E-state index is 12.2. The lowest BCUT2D eigenvalue weighted by molar-refractivity contribution is -0.117. The average Bonchev–Trinajstić information content (AvgIpc) is 2.49. The molecule has 0 atom stereocenters. The van der Waals surface area contributed by atoms with Gasteiger partial charge in [-0.25, -0.2) is 0 Å². The van der Waals surface area contributed by atoms with E-state index in [-0.39, 0.29) is 5.91 Å². The number of hydrogen-bond donors (Lipinski definition) is 1. The fourth-order valence-electron chi connectivity index (χ4n) is 1.87. The van der Waals surface area contributed by atoms with E-state index >= 15 is 0 Å². The molecule has 0 aliphatic heterocycles. The number of amides is 1. The van der Waals surface area contributed by atoms with Crippen molar-refractivity contribution in [3.8, 4) is 0 Å². The molecule has 0 rings (SSSR count). The van der Waals surface area contributed by atoms with Gasteiger partial charge in [0.2, 0.25) is 5.91 Å². The SMILES string of the molecule is C=C(C)C(=O)NCCCCCCOCCP(=O)(OCC)OCC. The van der Waals surface area contributed by atoms with Gasteiger partial charge in [-0.1, -0.05) is 19.4 Å². The van der Waals surface area contributed by atoms with Crippen LogP contribution in [0.2, 0.25) is 0 Å². The molecule has 0 fully saturated rings. The third kappa shape index (κ3) is 12.4. The molecule has 0 aromatic rings. The number of carbonyl (C=O) groups excluding carboxylic acids is 1. The van der Waals surface area contributed by atoms with E-state index in [1.807, 2.05) is 0 Å². The van der Waals surface area contributed by atoms with Crippen LogP contribution in [0.5, 0.6) is 0 Å². The van der Waals surface area contributed by atoms with Crippen molar-refractivity contribution in [2.45, 2.75) is 46.5 Å². The normalized spacial score (nSPS) is 11.4. The Labute approximate surface area is 140 Å². The van der Waals surface area contributed by atoms with Crippen LogP contribution in [0, 0.1) is 0 Å². The lowest BCUT2D eigenvalue weighted by atomic mass is 10.2. The molecule has 7 heteroatoms. The van der Waals surface area contributed by atoms with Crippen molar-refractivity contribution in [3.05, 3.63) is 12.2 Å². The Balaban J connectivity index is 3.50. The molecule has 0 spiro atoms. The highest BCUT2D eigenvalue weighted by Gasteiger charge is 2.22. The van der Waals surface area contributed by atoms with Crippen molar-refractivity contribution >= 4 is 13.5 Å². The summed E-state index contributed by atoms with van der Waals surface area (Å²) in [7, 11) is -2.98. The molecule has 0 bridgehead atoms. The molecular weight excluding hydrogens is 317 g/mol. The minimum atomic E-state index is -2.98.